The summed E-state index contributed by atoms with van der Waals surface area (Å²) in [6.07, 6.45) is -0.533. The Labute approximate surface area is 121 Å². The third kappa shape index (κ3) is 4.74. The van der Waals surface area contributed by atoms with Crippen LogP contribution in [0.3, 0.4) is 0 Å². The topological polar surface area (TPSA) is 64.6 Å². The Hall–Kier alpha value is -1.75. The van der Waals surface area contributed by atoms with Gasteiger partial charge in [-0.25, -0.2) is 4.79 Å². The van der Waals surface area contributed by atoms with Crippen molar-refractivity contribution in [2.24, 2.45) is 5.92 Å². The summed E-state index contributed by atoms with van der Waals surface area (Å²) in [5.74, 6) is 0.119. The number of nitrogens with one attached hydrogen (secondary N) is 2. The molecule has 0 saturated carbocycles. The lowest BCUT2D eigenvalue weighted by atomic mass is 10.1. The number of hydrogen-bond donors (Lipinski definition) is 3. The quantitative estimate of drug-likeness (QED) is 0.748. The van der Waals surface area contributed by atoms with Gasteiger partial charge in [-0.1, -0.05) is 26.0 Å². The van der Waals surface area contributed by atoms with Gasteiger partial charge in [0.15, 0.2) is 0 Å². The normalized spacial score (nSPS) is 12.1. The number of hydrogen-bond acceptors (Lipinski definition) is 3. The fourth-order valence-corrected chi connectivity index (χ4v) is 1.68. The van der Waals surface area contributed by atoms with Crippen molar-refractivity contribution in [3.05, 3.63) is 24.3 Å². The maximum absolute atomic E-state index is 11.9. The van der Waals surface area contributed by atoms with Crippen molar-refractivity contribution in [1.82, 2.24) is 5.32 Å². The molecule has 112 valence electrons. The molecular weight excluding hydrogens is 254 g/mol. The highest BCUT2D eigenvalue weighted by atomic mass is 16.3. The molecule has 0 bridgehead atoms. The monoisotopic (exact) mass is 279 g/mol. The Morgan fingerprint density at radius 2 is 2.00 bits per heavy atom. The third-order valence-corrected chi connectivity index (χ3v) is 3.28. The van der Waals surface area contributed by atoms with Crippen LogP contribution in [0.15, 0.2) is 24.3 Å². The minimum Gasteiger partial charge on any atom is -0.391 e. The molecule has 0 heterocycles. The number of carbonyl (C=O) groups is 1. The molecule has 0 unspecified atom stereocenters. The van der Waals surface area contributed by atoms with Crippen LogP contribution < -0.4 is 15.5 Å². The van der Waals surface area contributed by atoms with Gasteiger partial charge in [-0.15, -0.1) is 0 Å². The Balaban J connectivity index is 2.62. The molecule has 20 heavy (non-hydrogen) atoms. The van der Waals surface area contributed by atoms with E-state index in [-0.39, 0.29) is 18.5 Å². The van der Waals surface area contributed by atoms with Gasteiger partial charge in [0.25, 0.3) is 0 Å². The number of nitrogens with zero attached hydrogens (tertiary/aromatic N) is 1. The van der Waals surface area contributed by atoms with E-state index in [9.17, 15) is 9.90 Å². The lowest BCUT2D eigenvalue weighted by Crippen LogP contribution is -2.37. The van der Waals surface area contributed by atoms with Crippen LogP contribution in [0.25, 0.3) is 0 Å². The number of para-hydroxylation sites is 2. The zero-order valence-corrected chi connectivity index (χ0v) is 12.7. The Bertz CT molecular complexity index is 435. The Kier molecular flexibility index (Phi) is 6.31. The Morgan fingerprint density at radius 3 is 2.60 bits per heavy atom. The second-order valence-corrected chi connectivity index (χ2v) is 5.18. The fourth-order valence-electron chi connectivity index (χ4n) is 1.68. The van der Waals surface area contributed by atoms with Gasteiger partial charge in [-0.05, 0) is 25.0 Å². The zero-order valence-electron chi connectivity index (χ0n) is 12.7. The molecule has 3 N–H and O–H groups in total. The van der Waals surface area contributed by atoms with Gasteiger partial charge in [-0.2, -0.15) is 0 Å². The minimum absolute atomic E-state index is 0.119. The van der Waals surface area contributed by atoms with Crippen LogP contribution in [0.5, 0.6) is 0 Å². The molecule has 2 amide bonds. The first-order valence-corrected chi connectivity index (χ1v) is 6.98. The van der Waals surface area contributed by atoms with Gasteiger partial charge >= 0.3 is 6.03 Å². The number of aliphatic hydroxyl groups is 1. The van der Waals surface area contributed by atoms with Gasteiger partial charge in [0.1, 0.15) is 0 Å². The number of anilines is 2. The molecule has 0 saturated heterocycles. The predicted octanol–water partition coefficient (Wildman–Crippen LogP) is 2.28. The van der Waals surface area contributed by atoms with E-state index in [1.165, 1.54) is 0 Å². The smallest absolute Gasteiger partial charge is 0.319 e. The summed E-state index contributed by atoms with van der Waals surface area (Å²) >= 11 is 0. The number of rotatable bonds is 6. The molecule has 1 atom stereocenters. The first-order chi connectivity index (χ1) is 9.45. The van der Waals surface area contributed by atoms with Crippen LogP contribution in [0.2, 0.25) is 0 Å². The second-order valence-electron chi connectivity index (χ2n) is 5.18. The zero-order chi connectivity index (χ0) is 15.1. The molecule has 0 aromatic heterocycles. The summed E-state index contributed by atoms with van der Waals surface area (Å²) in [7, 11) is 1.97. The van der Waals surface area contributed by atoms with Gasteiger partial charge in [0.2, 0.25) is 0 Å². The van der Waals surface area contributed by atoms with Crippen LogP contribution in [-0.2, 0) is 0 Å². The SMILES string of the molecule is CCN(C)c1ccccc1NC(=O)NC[C@H](O)C(C)C. The molecule has 0 aliphatic carbocycles. The highest BCUT2D eigenvalue weighted by molar-refractivity contribution is 5.93. The average Bonchev–Trinajstić information content (AvgIpc) is 2.44. The summed E-state index contributed by atoms with van der Waals surface area (Å²) in [5, 5.41) is 15.2. The van der Waals surface area contributed by atoms with E-state index < -0.39 is 6.10 Å². The summed E-state index contributed by atoms with van der Waals surface area (Å²) in [4.78, 5) is 13.9. The van der Waals surface area contributed by atoms with Crippen LogP contribution in [0.1, 0.15) is 20.8 Å². The van der Waals surface area contributed by atoms with Gasteiger partial charge in [-0.3, -0.25) is 0 Å². The van der Waals surface area contributed by atoms with Crippen molar-refractivity contribution in [1.29, 1.82) is 0 Å². The molecule has 5 heteroatoms. The molecular formula is C15H25N3O2. The molecule has 5 nitrogen and oxygen atoms in total. The van der Waals surface area contributed by atoms with E-state index in [1.807, 2.05) is 45.2 Å². The van der Waals surface area contributed by atoms with E-state index in [0.29, 0.717) is 0 Å². The van der Waals surface area contributed by atoms with E-state index >= 15 is 0 Å². The molecule has 0 radical (unpaired) electrons. The molecule has 1 rings (SSSR count). The number of carbonyl (C=O) groups excluding carboxylic acids is 1. The third-order valence-electron chi connectivity index (χ3n) is 3.28. The lowest BCUT2D eigenvalue weighted by Gasteiger charge is -2.21. The number of urea groups is 1. The summed E-state index contributed by atoms with van der Waals surface area (Å²) in [6.45, 7) is 6.98. The molecule has 0 fully saturated rings. The van der Waals surface area contributed by atoms with E-state index in [4.69, 9.17) is 0 Å². The first kappa shape index (κ1) is 16.3. The van der Waals surface area contributed by atoms with Gasteiger partial charge in [0.05, 0.1) is 17.5 Å². The maximum Gasteiger partial charge on any atom is 0.319 e. The van der Waals surface area contributed by atoms with E-state index in [0.717, 1.165) is 17.9 Å². The van der Waals surface area contributed by atoms with Crippen molar-refractivity contribution >= 4 is 17.4 Å². The van der Waals surface area contributed by atoms with Gasteiger partial charge in [0, 0.05) is 20.1 Å². The fraction of sp³-hybridized carbons (Fsp3) is 0.533. The molecule has 0 aliphatic rings. The summed E-state index contributed by atoms with van der Waals surface area (Å²) < 4.78 is 0. The van der Waals surface area contributed by atoms with Crippen LogP contribution >= 0.6 is 0 Å². The molecule has 0 aliphatic heterocycles. The molecule has 0 spiro atoms. The predicted molar refractivity (Wildman–Crippen MR) is 83.3 cm³/mol. The molecule has 1 aromatic carbocycles. The van der Waals surface area contributed by atoms with E-state index in [1.54, 1.807) is 0 Å². The number of benzene rings is 1. The maximum atomic E-state index is 11.9. The highest BCUT2D eigenvalue weighted by Gasteiger charge is 2.12. The van der Waals surface area contributed by atoms with Crippen LogP contribution in [0.4, 0.5) is 16.2 Å². The highest BCUT2D eigenvalue weighted by Crippen LogP contribution is 2.24. The average molecular weight is 279 g/mol. The van der Waals surface area contributed by atoms with Crippen molar-refractivity contribution in [2.45, 2.75) is 26.9 Å². The summed E-state index contributed by atoms with van der Waals surface area (Å²) in [5.41, 5.74) is 1.72. The van der Waals surface area contributed by atoms with Gasteiger partial charge < -0.3 is 20.6 Å². The van der Waals surface area contributed by atoms with Crippen molar-refractivity contribution < 1.29 is 9.90 Å². The molecule has 1 aromatic rings. The van der Waals surface area contributed by atoms with Crippen molar-refractivity contribution in [3.8, 4) is 0 Å². The largest absolute Gasteiger partial charge is 0.391 e. The van der Waals surface area contributed by atoms with E-state index in [2.05, 4.69) is 22.5 Å². The summed E-state index contributed by atoms with van der Waals surface area (Å²) in [6, 6.07) is 7.34. The van der Waals surface area contributed by atoms with Crippen LogP contribution in [-0.4, -0.2) is 37.4 Å². The first-order valence-electron chi connectivity index (χ1n) is 6.98. The standard InChI is InChI=1S/C15H25N3O2/c1-5-18(4)13-9-7-6-8-12(13)17-15(20)16-10-14(19)11(2)3/h6-9,11,14,19H,5,10H2,1-4H3,(H2,16,17,20)/t14-/m0/s1. The van der Waals surface area contributed by atoms with Crippen molar-refractivity contribution in [3.63, 3.8) is 0 Å². The number of aliphatic hydroxyl groups excluding tert-OH is 1. The minimum atomic E-state index is -0.533. The van der Waals surface area contributed by atoms with Crippen LogP contribution in [0, 0.1) is 5.92 Å². The Morgan fingerprint density at radius 1 is 1.35 bits per heavy atom. The number of amides is 2. The lowest BCUT2D eigenvalue weighted by molar-refractivity contribution is 0.126. The second kappa shape index (κ2) is 7.75. The van der Waals surface area contributed by atoms with Crippen molar-refractivity contribution in [2.75, 3.05) is 30.4 Å².